The van der Waals surface area contributed by atoms with Crippen molar-refractivity contribution >= 4 is 11.6 Å². The van der Waals surface area contributed by atoms with Crippen LogP contribution < -0.4 is 5.32 Å². The molecule has 1 amide bonds. The van der Waals surface area contributed by atoms with Gasteiger partial charge in [0, 0.05) is 12.1 Å². The van der Waals surface area contributed by atoms with E-state index in [1.807, 2.05) is 37.3 Å². The minimum atomic E-state index is -0.0203. The van der Waals surface area contributed by atoms with Crippen molar-refractivity contribution < 1.29 is 4.79 Å². The Morgan fingerprint density at radius 1 is 1.38 bits per heavy atom. The number of hydrogen-bond acceptors (Lipinski definition) is 1. The lowest BCUT2D eigenvalue weighted by Crippen LogP contribution is -2.11. The minimum Gasteiger partial charge on any atom is -0.326 e. The average molecular weight is 176 g/mol. The van der Waals surface area contributed by atoms with Crippen molar-refractivity contribution in [2.45, 2.75) is 19.8 Å². The van der Waals surface area contributed by atoms with Crippen LogP contribution in [0.2, 0.25) is 0 Å². The second-order valence-electron chi connectivity index (χ2n) is 2.85. The van der Waals surface area contributed by atoms with Crippen molar-refractivity contribution in [3.8, 4) is 0 Å². The molecule has 0 heterocycles. The van der Waals surface area contributed by atoms with Crippen LogP contribution in [-0.4, -0.2) is 5.91 Å². The van der Waals surface area contributed by atoms with E-state index in [0.29, 0.717) is 0 Å². The lowest BCUT2D eigenvalue weighted by molar-refractivity contribution is -0.113. The standard InChI is InChI=1S/C11H14NO/c1-2-3-9-11(13)12-10-7-5-4-6-8-10/h4-9H,2-3H2,1H3,(H,12,13). The Morgan fingerprint density at radius 2 is 2.08 bits per heavy atom. The number of carbonyl (C=O) groups excluding carboxylic acids is 1. The predicted octanol–water partition coefficient (Wildman–Crippen LogP) is 2.63. The lowest BCUT2D eigenvalue weighted by Gasteiger charge is -2.02. The van der Waals surface area contributed by atoms with Crippen LogP contribution in [0.3, 0.4) is 0 Å². The molecule has 0 spiro atoms. The first kappa shape index (κ1) is 9.78. The maximum atomic E-state index is 11.2. The van der Waals surface area contributed by atoms with Crippen LogP contribution in [-0.2, 0) is 4.79 Å². The van der Waals surface area contributed by atoms with E-state index in [-0.39, 0.29) is 5.91 Å². The van der Waals surface area contributed by atoms with Gasteiger partial charge in [-0.3, -0.25) is 4.79 Å². The number of carbonyl (C=O) groups is 1. The number of anilines is 1. The van der Waals surface area contributed by atoms with E-state index in [4.69, 9.17) is 0 Å². The maximum Gasteiger partial charge on any atom is 0.228 e. The summed E-state index contributed by atoms with van der Waals surface area (Å²) >= 11 is 0. The van der Waals surface area contributed by atoms with Crippen LogP contribution in [0.25, 0.3) is 0 Å². The fourth-order valence-corrected chi connectivity index (χ4v) is 0.990. The second kappa shape index (κ2) is 5.36. The molecule has 2 nitrogen and oxygen atoms in total. The van der Waals surface area contributed by atoms with Crippen molar-refractivity contribution in [1.82, 2.24) is 0 Å². The summed E-state index contributed by atoms with van der Waals surface area (Å²) in [4.78, 5) is 11.2. The van der Waals surface area contributed by atoms with E-state index in [1.165, 1.54) is 0 Å². The van der Waals surface area contributed by atoms with Gasteiger partial charge in [-0.2, -0.15) is 0 Å². The third kappa shape index (κ3) is 3.74. The quantitative estimate of drug-likeness (QED) is 0.750. The number of para-hydroxylation sites is 1. The third-order valence-electron chi connectivity index (χ3n) is 1.66. The van der Waals surface area contributed by atoms with Gasteiger partial charge in [-0.05, 0) is 18.6 Å². The summed E-state index contributed by atoms with van der Waals surface area (Å²) in [5.41, 5.74) is 0.847. The van der Waals surface area contributed by atoms with Crippen molar-refractivity contribution in [2.24, 2.45) is 0 Å². The SMILES string of the molecule is CCC[CH]C(=O)Nc1ccccc1. The number of unbranched alkanes of at least 4 members (excludes halogenated alkanes) is 1. The topological polar surface area (TPSA) is 29.1 Å². The molecular formula is C11H14NO. The van der Waals surface area contributed by atoms with E-state index in [1.54, 1.807) is 6.42 Å². The van der Waals surface area contributed by atoms with E-state index in [9.17, 15) is 4.79 Å². The highest BCUT2D eigenvalue weighted by Gasteiger charge is 1.99. The molecule has 2 heteroatoms. The fraction of sp³-hybridized carbons (Fsp3) is 0.273. The molecule has 0 fully saturated rings. The smallest absolute Gasteiger partial charge is 0.228 e. The van der Waals surface area contributed by atoms with Crippen LogP contribution in [0.15, 0.2) is 30.3 Å². The molecule has 1 N–H and O–H groups in total. The van der Waals surface area contributed by atoms with Crippen LogP contribution >= 0.6 is 0 Å². The molecule has 0 aliphatic heterocycles. The summed E-state index contributed by atoms with van der Waals surface area (Å²) in [6.07, 6.45) is 3.51. The van der Waals surface area contributed by atoms with E-state index >= 15 is 0 Å². The van der Waals surface area contributed by atoms with Gasteiger partial charge in [-0.1, -0.05) is 31.5 Å². The Morgan fingerprint density at radius 3 is 2.69 bits per heavy atom. The summed E-state index contributed by atoms with van der Waals surface area (Å²) in [7, 11) is 0. The van der Waals surface area contributed by atoms with Gasteiger partial charge in [0.15, 0.2) is 0 Å². The Bertz CT molecular complexity index is 256. The van der Waals surface area contributed by atoms with Gasteiger partial charge in [-0.15, -0.1) is 0 Å². The van der Waals surface area contributed by atoms with E-state index in [2.05, 4.69) is 5.32 Å². The number of amides is 1. The van der Waals surface area contributed by atoms with Crippen LogP contribution in [0, 0.1) is 6.42 Å². The summed E-state index contributed by atoms with van der Waals surface area (Å²) in [5, 5.41) is 2.78. The average Bonchev–Trinajstić information content (AvgIpc) is 2.16. The zero-order valence-electron chi connectivity index (χ0n) is 7.79. The molecule has 1 aromatic rings. The molecule has 0 bridgehead atoms. The zero-order valence-corrected chi connectivity index (χ0v) is 7.79. The Labute approximate surface area is 79.0 Å². The van der Waals surface area contributed by atoms with Gasteiger partial charge in [0.05, 0.1) is 0 Å². The van der Waals surface area contributed by atoms with Crippen molar-refractivity contribution in [1.29, 1.82) is 0 Å². The molecule has 1 radical (unpaired) electrons. The molecule has 1 rings (SSSR count). The van der Waals surface area contributed by atoms with Gasteiger partial charge < -0.3 is 5.32 Å². The number of benzene rings is 1. The van der Waals surface area contributed by atoms with Gasteiger partial charge >= 0.3 is 0 Å². The Balaban J connectivity index is 2.37. The molecule has 0 atom stereocenters. The van der Waals surface area contributed by atoms with E-state index in [0.717, 1.165) is 18.5 Å². The molecule has 0 aliphatic rings. The van der Waals surface area contributed by atoms with E-state index < -0.39 is 0 Å². The summed E-state index contributed by atoms with van der Waals surface area (Å²) in [6.45, 7) is 2.05. The minimum absolute atomic E-state index is 0.0203. The van der Waals surface area contributed by atoms with Crippen LogP contribution in [0.1, 0.15) is 19.8 Å². The fourth-order valence-electron chi connectivity index (χ4n) is 0.990. The van der Waals surface area contributed by atoms with Crippen LogP contribution in [0.5, 0.6) is 0 Å². The molecular weight excluding hydrogens is 162 g/mol. The first-order chi connectivity index (χ1) is 6.33. The Hall–Kier alpha value is -1.31. The number of rotatable bonds is 4. The highest BCUT2D eigenvalue weighted by atomic mass is 16.1. The molecule has 0 aromatic heterocycles. The lowest BCUT2D eigenvalue weighted by atomic mass is 10.2. The summed E-state index contributed by atoms with van der Waals surface area (Å²) in [5.74, 6) is -0.0203. The third-order valence-corrected chi connectivity index (χ3v) is 1.66. The molecule has 69 valence electrons. The number of hydrogen-bond donors (Lipinski definition) is 1. The second-order valence-corrected chi connectivity index (χ2v) is 2.85. The van der Waals surface area contributed by atoms with Gasteiger partial charge in [0.1, 0.15) is 0 Å². The summed E-state index contributed by atoms with van der Waals surface area (Å²) < 4.78 is 0. The normalized spacial score (nSPS) is 9.62. The van der Waals surface area contributed by atoms with Gasteiger partial charge in [0.25, 0.3) is 0 Å². The highest BCUT2D eigenvalue weighted by Crippen LogP contribution is 2.05. The molecule has 13 heavy (non-hydrogen) atoms. The maximum absolute atomic E-state index is 11.2. The van der Waals surface area contributed by atoms with Crippen LogP contribution in [0.4, 0.5) is 5.69 Å². The van der Waals surface area contributed by atoms with Gasteiger partial charge in [0.2, 0.25) is 5.91 Å². The number of nitrogens with one attached hydrogen (secondary N) is 1. The molecule has 0 saturated carbocycles. The molecule has 1 aromatic carbocycles. The van der Waals surface area contributed by atoms with Crippen molar-refractivity contribution in [3.05, 3.63) is 36.8 Å². The first-order valence-electron chi connectivity index (χ1n) is 4.52. The largest absolute Gasteiger partial charge is 0.326 e. The van der Waals surface area contributed by atoms with Crippen molar-refractivity contribution in [3.63, 3.8) is 0 Å². The monoisotopic (exact) mass is 176 g/mol. The molecule has 0 saturated heterocycles. The first-order valence-corrected chi connectivity index (χ1v) is 4.52. The zero-order chi connectivity index (χ0) is 9.52. The summed E-state index contributed by atoms with van der Waals surface area (Å²) in [6, 6.07) is 9.46. The predicted molar refractivity (Wildman–Crippen MR) is 54.3 cm³/mol. The Kier molecular flexibility index (Phi) is 4.03. The van der Waals surface area contributed by atoms with Crippen molar-refractivity contribution in [2.75, 3.05) is 5.32 Å². The molecule has 0 aliphatic carbocycles. The van der Waals surface area contributed by atoms with Gasteiger partial charge in [-0.25, -0.2) is 0 Å². The highest BCUT2D eigenvalue weighted by molar-refractivity contribution is 5.96. The molecule has 0 unspecified atom stereocenters.